The van der Waals surface area contributed by atoms with Crippen molar-refractivity contribution in [2.45, 2.75) is 73.9 Å². The third-order valence-corrected chi connectivity index (χ3v) is 3.50. The molecule has 2 aromatic rings. The molecule has 1 aromatic carbocycles. The molecule has 1 heterocycles. The Morgan fingerprint density at radius 3 is 1.81 bits per heavy atom. The number of nitrogens with zero attached hydrogens (tertiary/aromatic N) is 2. The molecular formula is C23H34N2O2. The molecule has 2 rings (SSSR count). The fraction of sp³-hybridized carbons (Fsp3) is 0.478. The molecular weight excluding hydrogens is 336 g/mol. The number of nitriles is 1. The van der Waals surface area contributed by atoms with Gasteiger partial charge < -0.3 is 9.47 Å². The minimum atomic E-state index is 0. The predicted octanol–water partition coefficient (Wildman–Crippen LogP) is 5.69. The van der Waals surface area contributed by atoms with Crippen LogP contribution in [0.15, 0.2) is 42.6 Å². The highest BCUT2D eigenvalue weighted by molar-refractivity contribution is 5.31. The summed E-state index contributed by atoms with van der Waals surface area (Å²) in [5, 5.41) is 8.57. The molecule has 0 unspecified atom stereocenters. The largest absolute Gasteiger partial charge is 0.374 e. The van der Waals surface area contributed by atoms with Gasteiger partial charge in [0.15, 0.2) is 0 Å². The molecule has 4 heteroatoms. The van der Waals surface area contributed by atoms with E-state index in [4.69, 9.17) is 14.7 Å². The second-order valence-corrected chi connectivity index (χ2v) is 6.54. The summed E-state index contributed by atoms with van der Waals surface area (Å²) in [6.07, 6.45) is 3.41. The first-order valence-corrected chi connectivity index (χ1v) is 9.10. The monoisotopic (exact) mass is 370 g/mol. The third kappa shape index (κ3) is 11.2. The highest BCUT2D eigenvalue weighted by Gasteiger charge is 1.97. The van der Waals surface area contributed by atoms with E-state index in [1.165, 1.54) is 0 Å². The quantitative estimate of drug-likeness (QED) is 0.628. The maximum absolute atomic E-state index is 8.57. The number of hydrogen-bond donors (Lipinski definition) is 0. The topological polar surface area (TPSA) is 55.1 Å². The molecule has 0 spiro atoms. The Balaban J connectivity index is 0.000000483. The van der Waals surface area contributed by atoms with Crippen LogP contribution in [0.25, 0.3) is 0 Å². The zero-order valence-corrected chi connectivity index (χ0v) is 16.5. The first kappa shape index (κ1) is 24.8. The van der Waals surface area contributed by atoms with Crippen LogP contribution in [0, 0.1) is 11.3 Å². The van der Waals surface area contributed by atoms with E-state index < -0.39 is 0 Å². The Morgan fingerprint density at radius 1 is 0.889 bits per heavy atom. The van der Waals surface area contributed by atoms with Gasteiger partial charge in [-0.15, -0.1) is 0 Å². The molecule has 0 atom stereocenters. The minimum absolute atomic E-state index is 0. The molecule has 0 aliphatic rings. The van der Waals surface area contributed by atoms with Crippen LogP contribution in [0.1, 0.15) is 64.4 Å². The molecule has 0 N–H and O–H groups in total. The van der Waals surface area contributed by atoms with Gasteiger partial charge in [0.25, 0.3) is 0 Å². The van der Waals surface area contributed by atoms with E-state index in [0.717, 1.165) is 23.2 Å². The average molecular weight is 371 g/mol. The number of rotatable bonds is 7. The molecule has 0 saturated carbocycles. The Morgan fingerprint density at radius 2 is 1.41 bits per heavy atom. The van der Waals surface area contributed by atoms with E-state index in [1.807, 2.05) is 46.0 Å². The van der Waals surface area contributed by atoms with Crippen LogP contribution >= 0.6 is 0 Å². The minimum Gasteiger partial charge on any atom is -0.374 e. The molecule has 0 amide bonds. The predicted molar refractivity (Wildman–Crippen MR) is 111 cm³/mol. The number of aromatic nitrogens is 1. The van der Waals surface area contributed by atoms with Crippen molar-refractivity contribution in [2.75, 3.05) is 0 Å². The van der Waals surface area contributed by atoms with Crippen LogP contribution in [0.3, 0.4) is 0 Å². The molecule has 1 aromatic heterocycles. The van der Waals surface area contributed by atoms with Gasteiger partial charge in [-0.25, -0.2) is 0 Å². The van der Waals surface area contributed by atoms with Crippen LogP contribution in [-0.2, 0) is 29.1 Å². The summed E-state index contributed by atoms with van der Waals surface area (Å²) in [7, 11) is 0. The molecule has 0 radical (unpaired) electrons. The number of hydrogen-bond acceptors (Lipinski definition) is 4. The maximum atomic E-state index is 8.57. The van der Waals surface area contributed by atoms with Crippen LogP contribution in [-0.4, -0.2) is 17.2 Å². The Hall–Kier alpha value is -2.22. The zero-order chi connectivity index (χ0) is 19.4. The van der Waals surface area contributed by atoms with E-state index in [0.29, 0.717) is 18.8 Å². The number of aryl methyl sites for hydroxylation is 1. The van der Waals surface area contributed by atoms with Gasteiger partial charge in [0.1, 0.15) is 0 Å². The summed E-state index contributed by atoms with van der Waals surface area (Å²) < 4.78 is 10.9. The molecule has 0 bridgehead atoms. The zero-order valence-electron chi connectivity index (χ0n) is 16.5. The lowest BCUT2D eigenvalue weighted by molar-refractivity contribution is 0.0654. The van der Waals surface area contributed by atoms with Gasteiger partial charge in [-0.3, -0.25) is 4.98 Å². The molecule has 148 valence electrons. The number of ether oxygens (including phenoxy) is 2. The van der Waals surface area contributed by atoms with Gasteiger partial charge in [0.2, 0.25) is 0 Å². The number of benzene rings is 1. The van der Waals surface area contributed by atoms with Gasteiger partial charge in [-0.05, 0) is 63.4 Å². The Labute approximate surface area is 165 Å². The van der Waals surface area contributed by atoms with Gasteiger partial charge in [0.05, 0.1) is 37.1 Å². The lowest BCUT2D eigenvalue weighted by Gasteiger charge is -2.07. The van der Waals surface area contributed by atoms with E-state index in [2.05, 4.69) is 30.1 Å². The van der Waals surface area contributed by atoms with Crippen molar-refractivity contribution in [3.8, 4) is 6.07 Å². The summed E-state index contributed by atoms with van der Waals surface area (Å²) in [5.41, 5.74) is 4.07. The molecule has 4 nitrogen and oxygen atoms in total. The highest BCUT2D eigenvalue weighted by Crippen LogP contribution is 2.06. The molecule has 0 aliphatic carbocycles. The summed E-state index contributed by atoms with van der Waals surface area (Å²) in [4.78, 5) is 4.30. The van der Waals surface area contributed by atoms with E-state index >= 15 is 0 Å². The lowest BCUT2D eigenvalue weighted by atomic mass is 10.2. The van der Waals surface area contributed by atoms with Crippen molar-refractivity contribution >= 4 is 0 Å². The summed E-state index contributed by atoms with van der Waals surface area (Å²) in [6, 6.07) is 13.7. The van der Waals surface area contributed by atoms with Crippen LogP contribution in [0.5, 0.6) is 0 Å². The molecule has 0 fully saturated rings. The Bertz CT molecular complexity index is 656. The summed E-state index contributed by atoms with van der Waals surface area (Å²) in [6.45, 7) is 11.5. The van der Waals surface area contributed by atoms with Crippen molar-refractivity contribution < 1.29 is 9.47 Å². The summed E-state index contributed by atoms with van der Waals surface area (Å²) >= 11 is 0. The van der Waals surface area contributed by atoms with Crippen molar-refractivity contribution in [2.24, 2.45) is 0 Å². The molecule has 27 heavy (non-hydrogen) atoms. The summed E-state index contributed by atoms with van der Waals surface area (Å²) in [5.74, 6) is 0. The third-order valence-electron chi connectivity index (χ3n) is 3.50. The first-order valence-electron chi connectivity index (χ1n) is 9.10. The molecule has 0 saturated heterocycles. The van der Waals surface area contributed by atoms with Crippen molar-refractivity contribution in [3.05, 3.63) is 65.0 Å². The smallest absolute Gasteiger partial charge is 0.0991 e. The van der Waals surface area contributed by atoms with E-state index in [1.54, 1.807) is 12.1 Å². The number of pyridine rings is 1. The lowest BCUT2D eigenvalue weighted by Crippen LogP contribution is -2.02. The standard InChI is InChI=1S/C11H13NO.C11H17NO.CH4/c1-9(2)13-8-11-5-3-10(7-12)4-6-11;1-4-11-6-5-10(7-12-11)8-13-9(2)3;/h3-6,9H,8H2,1-2H3;5-7,9H,4,8H2,1-3H3;1H4. The second-order valence-electron chi connectivity index (χ2n) is 6.54. The van der Waals surface area contributed by atoms with E-state index in [-0.39, 0.29) is 19.6 Å². The van der Waals surface area contributed by atoms with Gasteiger partial charge >= 0.3 is 0 Å². The van der Waals surface area contributed by atoms with Crippen molar-refractivity contribution in [1.82, 2.24) is 4.98 Å². The maximum Gasteiger partial charge on any atom is 0.0991 e. The van der Waals surface area contributed by atoms with Crippen LogP contribution < -0.4 is 0 Å². The van der Waals surface area contributed by atoms with E-state index in [9.17, 15) is 0 Å². The second kappa shape index (κ2) is 13.9. The van der Waals surface area contributed by atoms with Gasteiger partial charge in [-0.1, -0.05) is 32.5 Å². The fourth-order valence-corrected chi connectivity index (χ4v) is 1.95. The van der Waals surface area contributed by atoms with Crippen LogP contribution in [0.2, 0.25) is 0 Å². The first-order chi connectivity index (χ1) is 12.4. The Kier molecular flexibility index (Phi) is 12.8. The van der Waals surface area contributed by atoms with Crippen LogP contribution in [0.4, 0.5) is 0 Å². The van der Waals surface area contributed by atoms with Crippen molar-refractivity contribution in [3.63, 3.8) is 0 Å². The highest BCUT2D eigenvalue weighted by atomic mass is 16.5. The molecule has 0 aliphatic heterocycles. The normalized spacial score (nSPS) is 10.0. The van der Waals surface area contributed by atoms with Crippen molar-refractivity contribution in [1.29, 1.82) is 5.26 Å². The van der Waals surface area contributed by atoms with Gasteiger partial charge in [0, 0.05) is 11.9 Å². The van der Waals surface area contributed by atoms with Gasteiger partial charge in [-0.2, -0.15) is 5.26 Å². The average Bonchev–Trinajstić information content (AvgIpc) is 2.66. The SMILES string of the molecule is C.CC(C)OCc1ccc(C#N)cc1.CCc1ccc(COC(C)C)cn1. The fourth-order valence-electron chi connectivity index (χ4n) is 1.95.